The fourth-order valence-corrected chi connectivity index (χ4v) is 2.26. The second-order valence-electron chi connectivity index (χ2n) is 4.16. The summed E-state index contributed by atoms with van der Waals surface area (Å²) in [7, 11) is 0. The number of rotatable bonds is 2. The molecule has 1 atom stereocenters. The van der Waals surface area contributed by atoms with Crippen molar-refractivity contribution < 1.29 is 9.18 Å². The number of piperidine rings is 1. The first-order chi connectivity index (χ1) is 7.65. The zero-order chi connectivity index (χ0) is 11.6. The van der Waals surface area contributed by atoms with E-state index < -0.39 is 11.4 Å². The van der Waals surface area contributed by atoms with Crippen LogP contribution in [0.4, 0.5) is 4.39 Å². The van der Waals surface area contributed by atoms with Gasteiger partial charge in [-0.3, -0.25) is 10.1 Å². The Morgan fingerprint density at radius 3 is 2.81 bits per heavy atom. The standard InChI is InChI=1S/C12H15FN2O/c13-10-5-3-4-9(8-10)12(11(14)16)6-1-2-7-15-12/h3-5,8,15H,1-2,6-7H2,(H2,14,16). The Kier molecular flexibility index (Phi) is 2.92. The number of halogens is 1. The summed E-state index contributed by atoms with van der Waals surface area (Å²) in [5.74, 6) is -0.775. The van der Waals surface area contributed by atoms with Crippen molar-refractivity contribution in [3.05, 3.63) is 35.6 Å². The van der Waals surface area contributed by atoms with Gasteiger partial charge in [-0.25, -0.2) is 4.39 Å². The highest BCUT2D eigenvalue weighted by atomic mass is 19.1. The van der Waals surface area contributed by atoms with Crippen LogP contribution in [0.2, 0.25) is 0 Å². The normalized spacial score (nSPS) is 25.3. The zero-order valence-corrected chi connectivity index (χ0v) is 9.00. The van der Waals surface area contributed by atoms with Crippen LogP contribution in [0.5, 0.6) is 0 Å². The first-order valence-corrected chi connectivity index (χ1v) is 5.46. The smallest absolute Gasteiger partial charge is 0.242 e. The van der Waals surface area contributed by atoms with Gasteiger partial charge in [0.05, 0.1) is 0 Å². The number of nitrogens with one attached hydrogen (secondary N) is 1. The number of hydrogen-bond acceptors (Lipinski definition) is 2. The lowest BCUT2D eigenvalue weighted by atomic mass is 9.81. The van der Waals surface area contributed by atoms with Gasteiger partial charge in [0.2, 0.25) is 5.91 Å². The second-order valence-corrected chi connectivity index (χ2v) is 4.16. The molecule has 0 radical (unpaired) electrons. The molecule has 0 saturated carbocycles. The number of primary amides is 1. The molecule has 0 aliphatic carbocycles. The van der Waals surface area contributed by atoms with Crippen molar-refractivity contribution in [1.29, 1.82) is 0 Å². The van der Waals surface area contributed by atoms with Gasteiger partial charge >= 0.3 is 0 Å². The number of carbonyl (C=O) groups excluding carboxylic acids is 1. The minimum absolute atomic E-state index is 0.342. The summed E-state index contributed by atoms with van der Waals surface area (Å²) in [5.41, 5.74) is 5.20. The lowest BCUT2D eigenvalue weighted by Gasteiger charge is -2.36. The quantitative estimate of drug-likeness (QED) is 0.792. The number of hydrogen-bond donors (Lipinski definition) is 2. The van der Waals surface area contributed by atoms with Gasteiger partial charge in [-0.2, -0.15) is 0 Å². The molecule has 3 nitrogen and oxygen atoms in total. The molecule has 1 saturated heterocycles. The molecule has 16 heavy (non-hydrogen) atoms. The minimum Gasteiger partial charge on any atom is -0.368 e. The van der Waals surface area contributed by atoms with Gasteiger partial charge in [0, 0.05) is 0 Å². The van der Waals surface area contributed by atoms with Crippen LogP contribution < -0.4 is 11.1 Å². The number of carbonyl (C=O) groups is 1. The highest BCUT2D eigenvalue weighted by Crippen LogP contribution is 2.30. The molecule has 3 N–H and O–H groups in total. The van der Waals surface area contributed by atoms with E-state index >= 15 is 0 Å². The third kappa shape index (κ3) is 1.80. The summed E-state index contributed by atoms with van der Waals surface area (Å²) in [6.07, 6.45) is 2.57. The fraction of sp³-hybridized carbons (Fsp3) is 0.417. The molecule has 86 valence electrons. The Labute approximate surface area is 93.8 Å². The van der Waals surface area contributed by atoms with Crippen LogP contribution in [-0.4, -0.2) is 12.5 Å². The summed E-state index contributed by atoms with van der Waals surface area (Å²) in [6, 6.07) is 6.09. The molecule has 4 heteroatoms. The van der Waals surface area contributed by atoms with Gasteiger partial charge in [-0.1, -0.05) is 12.1 Å². The molecule has 2 rings (SSSR count). The van der Waals surface area contributed by atoms with Crippen molar-refractivity contribution in [2.75, 3.05) is 6.54 Å². The average molecular weight is 222 g/mol. The van der Waals surface area contributed by atoms with Crippen LogP contribution in [-0.2, 0) is 10.3 Å². The third-order valence-electron chi connectivity index (χ3n) is 3.14. The Morgan fingerprint density at radius 1 is 1.44 bits per heavy atom. The Balaban J connectivity index is 2.42. The van der Waals surface area contributed by atoms with E-state index in [1.807, 2.05) is 0 Å². The van der Waals surface area contributed by atoms with Crippen LogP contribution in [0.15, 0.2) is 24.3 Å². The lowest BCUT2D eigenvalue weighted by Crippen LogP contribution is -2.55. The molecule has 1 heterocycles. The van der Waals surface area contributed by atoms with E-state index in [0.717, 1.165) is 19.4 Å². The Hall–Kier alpha value is -1.42. The van der Waals surface area contributed by atoms with E-state index in [9.17, 15) is 9.18 Å². The van der Waals surface area contributed by atoms with Crippen LogP contribution >= 0.6 is 0 Å². The van der Waals surface area contributed by atoms with Crippen molar-refractivity contribution >= 4 is 5.91 Å². The fourth-order valence-electron chi connectivity index (χ4n) is 2.26. The van der Waals surface area contributed by atoms with Gasteiger partial charge < -0.3 is 5.73 Å². The van der Waals surface area contributed by atoms with Gasteiger partial charge in [0.1, 0.15) is 11.4 Å². The van der Waals surface area contributed by atoms with E-state index in [-0.39, 0.29) is 5.82 Å². The maximum Gasteiger partial charge on any atom is 0.242 e. The molecule has 1 aromatic rings. The molecule has 1 amide bonds. The monoisotopic (exact) mass is 222 g/mol. The van der Waals surface area contributed by atoms with Gasteiger partial charge in [-0.05, 0) is 43.5 Å². The molecule has 0 bridgehead atoms. The molecule has 1 aliphatic heterocycles. The predicted molar refractivity (Wildman–Crippen MR) is 59.1 cm³/mol. The summed E-state index contributed by atoms with van der Waals surface area (Å²) < 4.78 is 13.2. The van der Waals surface area contributed by atoms with Crippen LogP contribution in [0.25, 0.3) is 0 Å². The van der Waals surface area contributed by atoms with Crippen molar-refractivity contribution in [2.24, 2.45) is 5.73 Å². The highest BCUT2D eigenvalue weighted by Gasteiger charge is 2.39. The second kappa shape index (κ2) is 4.22. The van der Waals surface area contributed by atoms with Crippen LogP contribution in [0, 0.1) is 5.82 Å². The topological polar surface area (TPSA) is 55.1 Å². The van der Waals surface area contributed by atoms with Crippen LogP contribution in [0.1, 0.15) is 24.8 Å². The average Bonchev–Trinajstić information content (AvgIpc) is 2.30. The summed E-state index contributed by atoms with van der Waals surface area (Å²) in [6.45, 7) is 0.736. The van der Waals surface area contributed by atoms with Crippen molar-refractivity contribution in [1.82, 2.24) is 5.32 Å². The Bertz CT molecular complexity index is 400. The first kappa shape index (κ1) is 11.1. The summed E-state index contributed by atoms with van der Waals surface area (Å²) >= 11 is 0. The van der Waals surface area contributed by atoms with E-state index in [2.05, 4.69) is 5.32 Å². The zero-order valence-electron chi connectivity index (χ0n) is 9.00. The molecule has 0 aromatic heterocycles. The van der Waals surface area contributed by atoms with E-state index in [0.29, 0.717) is 12.0 Å². The molecular weight excluding hydrogens is 207 g/mol. The first-order valence-electron chi connectivity index (χ1n) is 5.46. The molecule has 1 unspecified atom stereocenters. The number of benzene rings is 1. The lowest BCUT2D eigenvalue weighted by molar-refractivity contribution is -0.125. The number of nitrogens with two attached hydrogens (primary N) is 1. The Morgan fingerprint density at radius 2 is 2.25 bits per heavy atom. The van der Waals surface area contributed by atoms with E-state index in [4.69, 9.17) is 5.73 Å². The predicted octanol–water partition coefficient (Wildman–Crippen LogP) is 1.28. The third-order valence-corrected chi connectivity index (χ3v) is 3.14. The largest absolute Gasteiger partial charge is 0.368 e. The SMILES string of the molecule is NC(=O)C1(c2cccc(F)c2)CCCCN1. The van der Waals surface area contributed by atoms with Gasteiger partial charge in [0.15, 0.2) is 0 Å². The maximum absolute atomic E-state index is 13.2. The molecule has 1 aliphatic rings. The summed E-state index contributed by atoms with van der Waals surface area (Å²) in [5, 5.41) is 3.13. The molecule has 1 aromatic carbocycles. The van der Waals surface area contributed by atoms with Crippen molar-refractivity contribution in [3.8, 4) is 0 Å². The molecule has 0 spiro atoms. The van der Waals surface area contributed by atoms with Crippen molar-refractivity contribution in [3.63, 3.8) is 0 Å². The molecule has 1 fully saturated rings. The molecular formula is C12H15FN2O. The van der Waals surface area contributed by atoms with Crippen molar-refractivity contribution in [2.45, 2.75) is 24.8 Å². The summed E-state index contributed by atoms with van der Waals surface area (Å²) in [4.78, 5) is 11.6. The van der Waals surface area contributed by atoms with Crippen LogP contribution in [0.3, 0.4) is 0 Å². The maximum atomic E-state index is 13.2. The van der Waals surface area contributed by atoms with E-state index in [1.165, 1.54) is 12.1 Å². The minimum atomic E-state index is -0.889. The van der Waals surface area contributed by atoms with Gasteiger partial charge in [-0.15, -0.1) is 0 Å². The van der Waals surface area contributed by atoms with E-state index in [1.54, 1.807) is 12.1 Å². The number of amides is 1. The van der Waals surface area contributed by atoms with Gasteiger partial charge in [0.25, 0.3) is 0 Å². The highest BCUT2D eigenvalue weighted by molar-refractivity contribution is 5.86.